The second-order valence-electron chi connectivity index (χ2n) is 7.13. The topological polar surface area (TPSA) is 92.3 Å². The van der Waals surface area contributed by atoms with Gasteiger partial charge in [-0.05, 0) is 30.2 Å². The summed E-state index contributed by atoms with van der Waals surface area (Å²) in [6, 6.07) is 24.8. The van der Waals surface area contributed by atoms with Crippen molar-refractivity contribution in [3.05, 3.63) is 90.5 Å². The molecule has 0 unspecified atom stereocenters. The van der Waals surface area contributed by atoms with Gasteiger partial charge in [0.05, 0.1) is 10.6 Å². The highest BCUT2D eigenvalue weighted by Gasteiger charge is 2.28. The van der Waals surface area contributed by atoms with Crippen LogP contribution in [0.5, 0.6) is 0 Å². The van der Waals surface area contributed by atoms with Crippen molar-refractivity contribution in [2.45, 2.75) is 18.2 Å². The quantitative estimate of drug-likeness (QED) is 0.400. The standard InChI is InChI=1S/C24H22N4O3S2/c1-2-18-11-9-10-16-21(18)28(33(30,31)20-14-7-4-8-15-20)17-22(29)25-24-27-26-23(32-24)19-12-5-3-6-13-19/h3-16H,2,17H2,1H3,(H,25,27,29). The van der Waals surface area contributed by atoms with Crippen molar-refractivity contribution in [3.63, 3.8) is 0 Å². The second-order valence-corrected chi connectivity index (χ2v) is 9.97. The molecule has 0 saturated carbocycles. The fraction of sp³-hybridized carbons (Fsp3) is 0.125. The van der Waals surface area contributed by atoms with Crippen molar-refractivity contribution in [1.29, 1.82) is 0 Å². The highest BCUT2D eigenvalue weighted by Crippen LogP contribution is 2.29. The summed E-state index contributed by atoms with van der Waals surface area (Å²) in [6.45, 7) is 1.55. The maximum atomic E-state index is 13.5. The predicted octanol–water partition coefficient (Wildman–Crippen LogP) is 4.60. The molecule has 168 valence electrons. The van der Waals surface area contributed by atoms with E-state index < -0.39 is 22.5 Å². The van der Waals surface area contributed by atoms with Crippen molar-refractivity contribution in [3.8, 4) is 10.6 Å². The minimum absolute atomic E-state index is 0.117. The van der Waals surface area contributed by atoms with Crippen molar-refractivity contribution < 1.29 is 13.2 Å². The van der Waals surface area contributed by atoms with Gasteiger partial charge in [0.25, 0.3) is 10.0 Å². The number of hydrogen-bond donors (Lipinski definition) is 1. The van der Waals surface area contributed by atoms with Crippen molar-refractivity contribution >= 4 is 38.1 Å². The molecule has 9 heteroatoms. The van der Waals surface area contributed by atoms with Gasteiger partial charge in [0, 0.05) is 5.56 Å². The molecule has 1 aromatic heterocycles. The molecule has 0 spiro atoms. The zero-order valence-electron chi connectivity index (χ0n) is 17.9. The zero-order chi connectivity index (χ0) is 23.3. The van der Waals surface area contributed by atoms with Gasteiger partial charge >= 0.3 is 0 Å². The van der Waals surface area contributed by atoms with Crippen LogP contribution in [0.15, 0.2) is 89.8 Å². The largest absolute Gasteiger partial charge is 0.299 e. The summed E-state index contributed by atoms with van der Waals surface area (Å²) < 4.78 is 28.1. The van der Waals surface area contributed by atoms with Gasteiger partial charge in [-0.3, -0.25) is 14.4 Å². The lowest BCUT2D eigenvalue weighted by Crippen LogP contribution is -2.38. The van der Waals surface area contributed by atoms with Crippen LogP contribution in [-0.2, 0) is 21.2 Å². The lowest BCUT2D eigenvalue weighted by molar-refractivity contribution is -0.114. The summed E-state index contributed by atoms with van der Waals surface area (Å²) in [4.78, 5) is 13.1. The number of sulfonamides is 1. The number of carbonyl (C=O) groups excluding carboxylic acids is 1. The minimum atomic E-state index is -3.97. The van der Waals surface area contributed by atoms with E-state index in [2.05, 4.69) is 15.5 Å². The van der Waals surface area contributed by atoms with Crippen LogP contribution in [0.4, 0.5) is 10.8 Å². The molecule has 33 heavy (non-hydrogen) atoms. The summed E-state index contributed by atoms with van der Waals surface area (Å²) in [7, 11) is -3.97. The molecule has 0 radical (unpaired) electrons. The van der Waals surface area contributed by atoms with E-state index in [0.29, 0.717) is 22.2 Å². The van der Waals surface area contributed by atoms with E-state index in [1.54, 1.807) is 30.3 Å². The zero-order valence-corrected chi connectivity index (χ0v) is 19.5. The highest BCUT2D eigenvalue weighted by molar-refractivity contribution is 7.92. The maximum Gasteiger partial charge on any atom is 0.264 e. The van der Waals surface area contributed by atoms with Crippen LogP contribution in [0.3, 0.4) is 0 Å². The predicted molar refractivity (Wildman–Crippen MR) is 131 cm³/mol. The number of para-hydroxylation sites is 1. The van der Waals surface area contributed by atoms with Crippen LogP contribution < -0.4 is 9.62 Å². The third-order valence-electron chi connectivity index (χ3n) is 4.95. The summed E-state index contributed by atoms with van der Waals surface area (Å²) >= 11 is 1.23. The molecule has 4 rings (SSSR count). The molecular weight excluding hydrogens is 456 g/mol. The van der Waals surface area contributed by atoms with Gasteiger partial charge in [0.1, 0.15) is 11.6 Å². The number of benzene rings is 3. The van der Waals surface area contributed by atoms with E-state index in [1.165, 1.54) is 23.5 Å². The summed E-state index contributed by atoms with van der Waals surface area (Å²) in [6.07, 6.45) is 0.620. The van der Waals surface area contributed by atoms with Gasteiger partial charge in [-0.1, -0.05) is 85.0 Å². The molecule has 0 aliphatic carbocycles. The molecule has 1 heterocycles. The number of nitrogens with one attached hydrogen (secondary N) is 1. The summed E-state index contributed by atoms with van der Waals surface area (Å²) in [5.41, 5.74) is 2.19. The molecule has 0 saturated heterocycles. The summed E-state index contributed by atoms with van der Waals surface area (Å²) in [5.74, 6) is -0.504. The SMILES string of the molecule is CCc1ccccc1N(CC(=O)Nc1nnc(-c2ccccc2)s1)S(=O)(=O)c1ccccc1. The summed E-state index contributed by atoms with van der Waals surface area (Å²) in [5, 5.41) is 11.8. The van der Waals surface area contributed by atoms with Crippen LogP contribution >= 0.6 is 11.3 Å². The monoisotopic (exact) mass is 478 g/mol. The number of rotatable bonds is 8. The van der Waals surface area contributed by atoms with Crippen LogP contribution in [0.1, 0.15) is 12.5 Å². The first-order chi connectivity index (χ1) is 16.0. The Morgan fingerprint density at radius 3 is 2.24 bits per heavy atom. The fourth-order valence-electron chi connectivity index (χ4n) is 3.33. The van der Waals surface area contributed by atoms with Crippen molar-refractivity contribution in [2.24, 2.45) is 0 Å². The Balaban J connectivity index is 1.62. The Hall–Kier alpha value is -3.56. The Morgan fingerprint density at radius 2 is 1.55 bits per heavy atom. The van der Waals surface area contributed by atoms with Crippen LogP contribution in [-0.4, -0.2) is 31.1 Å². The smallest absolute Gasteiger partial charge is 0.264 e. The van der Waals surface area contributed by atoms with Crippen LogP contribution in [0.2, 0.25) is 0 Å². The first kappa shape index (κ1) is 22.6. The number of amides is 1. The lowest BCUT2D eigenvalue weighted by atomic mass is 10.1. The van der Waals surface area contributed by atoms with Gasteiger partial charge in [-0.2, -0.15) is 0 Å². The molecule has 0 aliphatic heterocycles. The molecule has 1 amide bonds. The van der Waals surface area contributed by atoms with Gasteiger partial charge in [0.15, 0.2) is 0 Å². The van der Waals surface area contributed by atoms with Gasteiger partial charge in [-0.25, -0.2) is 8.42 Å². The maximum absolute atomic E-state index is 13.5. The van der Waals surface area contributed by atoms with Gasteiger partial charge in [-0.15, -0.1) is 10.2 Å². The first-order valence-corrected chi connectivity index (χ1v) is 12.6. The average Bonchev–Trinajstić information content (AvgIpc) is 3.32. The number of carbonyl (C=O) groups is 1. The first-order valence-electron chi connectivity index (χ1n) is 10.3. The number of aryl methyl sites for hydroxylation is 1. The molecule has 0 fully saturated rings. The van der Waals surface area contributed by atoms with E-state index in [0.717, 1.165) is 15.4 Å². The molecule has 3 aromatic carbocycles. The molecule has 0 bridgehead atoms. The van der Waals surface area contributed by atoms with Crippen molar-refractivity contribution in [1.82, 2.24) is 10.2 Å². The number of anilines is 2. The normalized spacial score (nSPS) is 11.2. The molecular formula is C24H22N4O3S2. The van der Waals surface area contributed by atoms with Gasteiger partial charge in [0.2, 0.25) is 11.0 Å². The number of aromatic nitrogens is 2. The number of nitrogens with zero attached hydrogens (tertiary/aromatic N) is 3. The molecule has 1 N–H and O–H groups in total. The van der Waals surface area contributed by atoms with E-state index in [9.17, 15) is 13.2 Å². The molecule has 0 atom stereocenters. The van der Waals surface area contributed by atoms with Crippen molar-refractivity contribution in [2.75, 3.05) is 16.2 Å². The fourth-order valence-corrected chi connectivity index (χ4v) is 5.58. The average molecular weight is 479 g/mol. The minimum Gasteiger partial charge on any atom is -0.299 e. The molecule has 0 aliphatic rings. The van der Waals surface area contributed by atoms with Crippen LogP contribution in [0.25, 0.3) is 10.6 Å². The number of hydrogen-bond acceptors (Lipinski definition) is 6. The Morgan fingerprint density at radius 1 is 0.909 bits per heavy atom. The lowest BCUT2D eigenvalue weighted by Gasteiger charge is -2.26. The Kier molecular flexibility index (Phi) is 6.81. The molecule has 4 aromatic rings. The Labute approximate surface area is 196 Å². The van der Waals surface area contributed by atoms with E-state index in [1.807, 2.05) is 49.4 Å². The van der Waals surface area contributed by atoms with E-state index in [4.69, 9.17) is 0 Å². The second kappa shape index (κ2) is 9.93. The third-order valence-corrected chi connectivity index (χ3v) is 7.61. The molecule has 7 nitrogen and oxygen atoms in total. The van der Waals surface area contributed by atoms with Crippen LogP contribution in [0, 0.1) is 0 Å². The van der Waals surface area contributed by atoms with E-state index >= 15 is 0 Å². The Bertz CT molecular complexity index is 1340. The highest BCUT2D eigenvalue weighted by atomic mass is 32.2. The third kappa shape index (κ3) is 5.10. The van der Waals surface area contributed by atoms with Gasteiger partial charge < -0.3 is 0 Å². The van der Waals surface area contributed by atoms with E-state index in [-0.39, 0.29) is 4.90 Å².